The summed E-state index contributed by atoms with van der Waals surface area (Å²) < 4.78 is 24.6. The zero-order valence-electron chi connectivity index (χ0n) is 18.2. The van der Waals surface area contributed by atoms with E-state index in [1.54, 1.807) is 32.0 Å². The van der Waals surface area contributed by atoms with Gasteiger partial charge in [0.2, 0.25) is 5.78 Å². The Bertz CT molecular complexity index is 1090. The van der Waals surface area contributed by atoms with Crippen LogP contribution in [0, 0.1) is 18.7 Å². The van der Waals surface area contributed by atoms with Crippen molar-refractivity contribution < 1.29 is 28.6 Å². The van der Waals surface area contributed by atoms with Gasteiger partial charge in [-0.05, 0) is 68.6 Å². The Morgan fingerprint density at radius 1 is 1.38 bits per heavy atom. The number of fused-ring (bicyclic) bond motifs is 1. The number of Topliss-reactive ketones (excluding diaryl/α,β-unsaturated/α-hetero) is 1. The van der Waals surface area contributed by atoms with Crippen molar-refractivity contribution in [3.8, 4) is 11.5 Å². The van der Waals surface area contributed by atoms with Crippen LogP contribution in [0.5, 0.6) is 11.5 Å². The van der Waals surface area contributed by atoms with Crippen LogP contribution in [-0.2, 0) is 16.1 Å². The molecule has 168 valence electrons. The highest BCUT2D eigenvalue weighted by Gasteiger charge is 2.35. The smallest absolute Gasteiger partial charge is 0.310 e. The minimum absolute atomic E-state index is 0.0410. The van der Waals surface area contributed by atoms with Gasteiger partial charge < -0.3 is 14.6 Å². The summed E-state index contributed by atoms with van der Waals surface area (Å²) in [7, 11) is 0. The topological polar surface area (TPSA) is 76.1 Å². The second-order valence-electron chi connectivity index (χ2n) is 8.22. The lowest BCUT2D eigenvalue weighted by Crippen LogP contribution is -2.39. The van der Waals surface area contributed by atoms with E-state index < -0.39 is 5.82 Å². The highest BCUT2D eigenvalue weighted by molar-refractivity contribution is 6.15. The van der Waals surface area contributed by atoms with Crippen molar-refractivity contribution in [3.05, 3.63) is 64.2 Å². The summed E-state index contributed by atoms with van der Waals surface area (Å²) >= 11 is 0. The first kappa shape index (κ1) is 22.0. The summed E-state index contributed by atoms with van der Waals surface area (Å²) in [6.07, 6.45) is 3.11. The van der Waals surface area contributed by atoms with Gasteiger partial charge in [-0.25, -0.2) is 4.39 Å². The van der Waals surface area contributed by atoms with Gasteiger partial charge in [-0.2, -0.15) is 0 Å². The number of hydrogen-bond donors (Lipinski definition) is 1. The number of carbonyl (C=O) groups is 2. The molecule has 1 N–H and O–H groups in total. The maximum absolute atomic E-state index is 13.6. The van der Waals surface area contributed by atoms with Crippen LogP contribution >= 0.6 is 0 Å². The average Bonchev–Trinajstić information content (AvgIpc) is 3.08. The third-order valence-electron chi connectivity index (χ3n) is 5.87. The first-order chi connectivity index (χ1) is 15.4. The number of esters is 1. The molecule has 0 aromatic heterocycles. The lowest BCUT2D eigenvalue weighted by Gasteiger charge is -2.31. The van der Waals surface area contributed by atoms with Gasteiger partial charge in [-0.15, -0.1) is 0 Å². The predicted octanol–water partition coefficient (Wildman–Crippen LogP) is 4.23. The molecule has 2 aliphatic rings. The van der Waals surface area contributed by atoms with Crippen LogP contribution in [0.25, 0.3) is 6.08 Å². The summed E-state index contributed by atoms with van der Waals surface area (Å²) in [5.74, 6) is -0.668. The van der Waals surface area contributed by atoms with E-state index in [1.807, 2.05) is 0 Å². The molecule has 4 rings (SSSR count). The zero-order chi connectivity index (χ0) is 22.8. The second kappa shape index (κ2) is 9.12. The molecule has 0 spiro atoms. The Balaban J connectivity index is 1.62. The number of allylic oxidation sites excluding steroid dienone is 1. The number of ketones is 1. The van der Waals surface area contributed by atoms with E-state index in [-0.39, 0.29) is 29.2 Å². The molecule has 0 bridgehead atoms. The molecule has 1 unspecified atom stereocenters. The van der Waals surface area contributed by atoms with Gasteiger partial charge in [-0.3, -0.25) is 14.5 Å². The van der Waals surface area contributed by atoms with Crippen LogP contribution in [0.1, 0.15) is 46.8 Å². The number of aromatic hydroxyl groups is 1. The lowest BCUT2D eigenvalue weighted by atomic mass is 9.96. The Kier molecular flexibility index (Phi) is 6.28. The van der Waals surface area contributed by atoms with Gasteiger partial charge in [-0.1, -0.05) is 12.1 Å². The van der Waals surface area contributed by atoms with E-state index in [2.05, 4.69) is 4.90 Å². The summed E-state index contributed by atoms with van der Waals surface area (Å²) in [6.45, 7) is 5.49. The van der Waals surface area contributed by atoms with Crippen molar-refractivity contribution in [3.63, 3.8) is 0 Å². The van der Waals surface area contributed by atoms with Crippen LogP contribution in [0.2, 0.25) is 0 Å². The highest BCUT2D eigenvalue weighted by atomic mass is 19.1. The van der Waals surface area contributed by atoms with Gasteiger partial charge in [0.1, 0.15) is 17.3 Å². The molecule has 0 radical (unpaired) electrons. The molecular weight excluding hydrogens is 413 g/mol. The summed E-state index contributed by atoms with van der Waals surface area (Å²) in [4.78, 5) is 27.3. The van der Waals surface area contributed by atoms with Crippen LogP contribution in [-0.4, -0.2) is 41.5 Å². The van der Waals surface area contributed by atoms with Crippen molar-refractivity contribution in [1.82, 2.24) is 4.90 Å². The number of aryl methyl sites for hydroxylation is 1. The summed E-state index contributed by atoms with van der Waals surface area (Å²) in [5, 5.41) is 10.7. The maximum atomic E-state index is 13.6. The molecule has 32 heavy (non-hydrogen) atoms. The number of nitrogens with zero attached hydrogens (tertiary/aromatic N) is 1. The van der Waals surface area contributed by atoms with Crippen molar-refractivity contribution in [1.29, 1.82) is 0 Å². The zero-order valence-corrected chi connectivity index (χ0v) is 18.2. The number of phenols is 1. The van der Waals surface area contributed by atoms with E-state index in [9.17, 15) is 19.1 Å². The van der Waals surface area contributed by atoms with Gasteiger partial charge in [0.05, 0.1) is 23.7 Å². The first-order valence-electron chi connectivity index (χ1n) is 10.8. The normalized spacial score (nSPS) is 19.7. The van der Waals surface area contributed by atoms with Gasteiger partial charge in [0.15, 0.2) is 5.76 Å². The van der Waals surface area contributed by atoms with E-state index in [4.69, 9.17) is 9.47 Å². The predicted molar refractivity (Wildman–Crippen MR) is 117 cm³/mol. The molecule has 2 aromatic carbocycles. The Labute approximate surface area is 186 Å². The van der Waals surface area contributed by atoms with Crippen LogP contribution in [0.4, 0.5) is 4.39 Å². The minimum Gasteiger partial charge on any atom is -0.507 e. The van der Waals surface area contributed by atoms with Gasteiger partial charge in [0, 0.05) is 13.1 Å². The minimum atomic E-state index is -0.405. The summed E-state index contributed by atoms with van der Waals surface area (Å²) in [6, 6.07) is 7.46. The Morgan fingerprint density at radius 2 is 2.19 bits per heavy atom. The quantitative estimate of drug-likeness (QED) is 0.555. The fourth-order valence-corrected chi connectivity index (χ4v) is 4.36. The first-order valence-corrected chi connectivity index (χ1v) is 10.8. The molecule has 1 fully saturated rings. The third kappa shape index (κ3) is 4.39. The Hall–Kier alpha value is -3.19. The van der Waals surface area contributed by atoms with Gasteiger partial charge in [0.25, 0.3) is 0 Å². The number of piperidine rings is 1. The van der Waals surface area contributed by atoms with Crippen LogP contribution in [0.15, 0.2) is 36.1 Å². The van der Waals surface area contributed by atoms with Crippen molar-refractivity contribution >= 4 is 17.8 Å². The molecule has 6 nitrogen and oxygen atoms in total. The molecule has 2 heterocycles. The van der Waals surface area contributed by atoms with Crippen molar-refractivity contribution in [2.75, 3.05) is 19.7 Å². The van der Waals surface area contributed by atoms with Crippen LogP contribution in [0.3, 0.4) is 0 Å². The standard InChI is InChI=1S/C25H26FNO5/c1-3-31-25(30)17-7-5-9-27(13-17)14-19-20(28)10-15(2)22-23(29)21(32-24(19)22)12-16-6-4-8-18(26)11-16/h4,6,8,10-12,17,28H,3,5,7,9,13-14H2,1-2H3/b21-12-. The average molecular weight is 439 g/mol. The number of phenolic OH excluding ortho intramolecular Hbond substituents is 1. The molecular formula is C25H26FNO5. The number of rotatable bonds is 5. The second-order valence-corrected chi connectivity index (χ2v) is 8.22. The molecule has 2 aliphatic heterocycles. The molecule has 0 aliphatic carbocycles. The van der Waals surface area contributed by atoms with E-state index >= 15 is 0 Å². The number of carbonyl (C=O) groups excluding carboxylic acids is 2. The van der Waals surface area contributed by atoms with E-state index in [1.165, 1.54) is 18.2 Å². The molecule has 1 atom stereocenters. The van der Waals surface area contributed by atoms with Crippen molar-refractivity contribution in [2.45, 2.75) is 33.2 Å². The number of halogens is 1. The van der Waals surface area contributed by atoms with E-state index in [0.717, 1.165) is 19.4 Å². The number of hydrogen-bond acceptors (Lipinski definition) is 6. The fourth-order valence-electron chi connectivity index (χ4n) is 4.36. The molecule has 0 amide bonds. The molecule has 0 saturated carbocycles. The number of ether oxygens (including phenoxy) is 2. The number of benzene rings is 2. The van der Waals surface area contributed by atoms with Crippen molar-refractivity contribution in [2.24, 2.45) is 5.92 Å². The molecule has 7 heteroatoms. The van der Waals surface area contributed by atoms with Gasteiger partial charge >= 0.3 is 5.97 Å². The molecule has 1 saturated heterocycles. The fraction of sp³-hybridized carbons (Fsp3) is 0.360. The lowest BCUT2D eigenvalue weighted by molar-refractivity contribution is -0.150. The van der Waals surface area contributed by atoms with Crippen LogP contribution < -0.4 is 4.74 Å². The SMILES string of the molecule is CCOC(=O)C1CCCN(Cc2c(O)cc(C)c3c2O/C(=C\c2cccc(F)c2)C3=O)C1. The highest BCUT2D eigenvalue weighted by Crippen LogP contribution is 2.42. The molecule has 2 aromatic rings. The Morgan fingerprint density at radius 3 is 2.94 bits per heavy atom. The monoisotopic (exact) mass is 439 g/mol. The van der Waals surface area contributed by atoms with E-state index in [0.29, 0.717) is 47.7 Å². The third-order valence-corrected chi connectivity index (χ3v) is 5.87. The maximum Gasteiger partial charge on any atom is 0.310 e. The largest absolute Gasteiger partial charge is 0.507 e. The number of likely N-dealkylation sites (tertiary alicyclic amines) is 1. The summed E-state index contributed by atoms with van der Waals surface area (Å²) in [5.41, 5.74) is 2.03.